The van der Waals surface area contributed by atoms with Crippen molar-refractivity contribution in [1.82, 2.24) is 4.90 Å². The van der Waals surface area contributed by atoms with Crippen molar-refractivity contribution in [3.8, 4) is 0 Å². The van der Waals surface area contributed by atoms with Crippen LogP contribution in [-0.4, -0.2) is 41.1 Å². The largest absolute Gasteiger partial charge is 0.481 e. The number of carbonyl (C=O) groups is 2. The van der Waals surface area contributed by atoms with Crippen LogP contribution >= 0.6 is 0 Å². The summed E-state index contributed by atoms with van der Waals surface area (Å²) in [6.07, 6.45) is 0.234. The first kappa shape index (κ1) is 15.5. The third-order valence-corrected chi connectivity index (χ3v) is 3.98. The van der Waals surface area contributed by atoms with Crippen molar-refractivity contribution < 1.29 is 19.4 Å². The van der Waals surface area contributed by atoms with Gasteiger partial charge in [0.2, 0.25) is 5.91 Å². The number of carboxylic acid groups (broad SMARTS) is 1. The van der Waals surface area contributed by atoms with Gasteiger partial charge in [0, 0.05) is 20.2 Å². The van der Waals surface area contributed by atoms with Crippen LogP contribution in [0.4, 0.5) is 0 Å². The highest BCUT2D eigenvalue weighted by Crippen LogP contribution is 2.29. The van der Waals surface area contributed by atoms with Crippen molar-refractivity contribution in [2.75, 3.05) is 13.7 Å². The molecule has 1 atom stereocenters. The smallest absolute Gasteiger partial charge is 0.312 e. The van der Waals surface area contributed by atoms with Crippen molar-refractivity contribution in [2.45, 2.75) is 38.3 Å². The Labute approximate surface area is 124 Å². The van der Waals surface area contributed by atoms with Crippen LogP contribution in [0.25, 0.3) is 0 Å². The third-order valence-electron chi connectivity index (χ3n) is 3.98. The normalized spacial score (nSPS) is 18.2. The molecular formula is C16H21NO4. The SMILES string of the molecule is COC(C)(C)CC(=O)N1Cc2ccccc2C(C(=O)O)C1. The maximum absolute atomic E-state index is 12.4. The Bertz CT molecular complexity index is 553. The Kier molecular flexibility index (Phi) is 4.32. The molecule has 0 aromatic heterocycles. The number of hydrogen-bond acceptors (Lipinski definition) is 3. The van der Waals surface area contributed by atoms with E-state index in [1.54, 1.807) is 12.0 Å². The topological polar surface area (TPSA) is 66.8 Å². The minimum absolute atomic E-state index is 0.0809. The number of carbonyl (C=O) groups excluding carboxylic acids is 1. The van der Waals surface area contributed by atoms with E-state index in [0.29, 0.717) is 6.54 Å². The van der Waals surface area contributed by atoms with Gasteiger partial charge in [0.05, 0.1) is 17.9 Å². The van der Waals surface area contributed by atoms with Gasteiger partial charge in [-0.05, 0) is 25.0 Å². The van der Waals surface area contributed by atoms with Crippen molar-refractivity contribution in [3.63, 3.8) is 0 Å². The van der Waals surface area contributed by atoms with Crippen molar-refractivity contribution in [1.29, 1.82) is 0 Å². The molecule has 1 aliphatic rings. The zero-order chi connectivity index (χ0) is 15.6. The predicted molar refractivity (Wildman–Crippen MR) is 77.9 cm³/mol. The molecule has 1 aliphatic heterocycles. The molecule has 1 unspecified atom stereocenters. The lowest BCUT2D eigenvalue weighted by molar-refractivity contribution is -0.142. The van der Waals surface area contributed by atoms with Crippen LogP contribution in [0.1, 0.15) is 37.3 Å². The lowest BCUT2D eigenvalue weighted by Crippen LogP contribution is -2.43. The number of hydrogen-bond donors (Lipinski definition) is 1. The number of methoxy groups -OCH3 is 1. The maximum atomic E-state index is 12.4. The summed E-state index contributed by atoms with van der Waals surface area (Å²) in [7, 11) is 1.57. The molecule has 0 spiro atoms. The lowest BCUT2D eigenvalue weighted by atomic mass is 9.89. The average molecular weight is 291 g/mol. The molecule has 1 heterocycles. The van der Waals surface area contributed by atoms with Gasteiger partial charge < -0.3 is 14.7 Å². The number of fused-ring (bicyclic) bond motifs is 1. The highest BCUT2D eigenvalue weighted by Gasteiger charge is 2.34. The van der Waals surface area contributed by atoms with E-state index in [4.69, 9.17) is 4.74 Å². The van der Waals surface area contributed by atoms with Crippen LogP contribution in [0.2, 0.25) is 0 Å². The van der Waals surface area contributed by atoms with E-state index in [-0.39, 0.29) is 18.9 Å². The quantitative estimate of drug-likeness (QED) is 0.921. The number of nitrogens with zero attached hydrogens (tertiary/aromatic N) is 1. The number of ether oxygens (including phenoxy) is 1. The first-order chi connectivity index (χ1) is 9.84. The minimum Gasteiger partial charge on any atom is -0.481 e. The fraction of sp³-hybridized carbons (Fsp3) is 0.500. The molecule has 0 saturated heterocycles. The molecule has 0 radical (unpaired) electrons. The van der Waals surface area contributed by atoms with Crippen LogP contribution in [0.15, 0.2) is 24.3 Å². The number of benzene rings is 1. The Morgan fingerprint density at radius 3 is 2.67 bits per heavy atom. The van der Waals surface area contributed by atoms with Gasteiger partial charge in [0.25, 0.3) is 0 Å². The molecule has 0 bridgehead atoms. The average Bonchev–Trinajstić information content (AvgIpc) is 2.45. The van der Waals surface area contributed by atoms with Crippen LogP contribution < -0.4 is 0 Å². The molecule has 1 aromatic rings. The van der Waals surface area contributed by atoms with Crippen molar-refractivity contribution in [3.05, 3.63) is 35.4 Å². The standard InChI is InChI=1S/C16H21NO4/c1-16(2,21-3)8-14(18)17-9-11-6-4-5-7-12(11)13(10-17)15(19)20/h4-7,13H,8-10H2,1-3H3,(H,19,20). The van der Waals surface area contributed by atoms with Gasteiger partial charge in [-0.3, -0.25) is 9.59 Å². The second-order valence-corrected chi connectivity index (χ2v) is 6.00. The summed E-state index contributed by atoms with van der Waals surface area (Å²) in [6.45, 7) is 4.36. The highest BCUT2D eigenvalue weighted by atomic mass is 16.5. The Hall–Kier alpha value is -1.88. The molecule has 5 heteroatoms. The lowest BCUT2D eigenvalue weighted by Gasteiger charge is -2.34. The molecular weight excluding hydrogens is 270 g/mol. The Balaban J connectivity index is 2.22. The van der Waals surface area contributed by atoms with Gasteiger partial charge in [-0.2, -0.15) is 0 Å². The molecule has 114 valence electrons. The van der Waals surface area contributed by atoms with Gasteiger partial charge in [-0.25, -0.2) is 0 Å². The van der Waals surface area contributed by atoms with Crippen molar-refractivity contribution in [2.24, 2.45) is 0 Å². The van der Waals surface area contributed by atoms with E-state index < -0.39 is 17.5 Å². The molecule has 1 aromatic carbocycles. The van der Waals surface area contributed by atoms with Crippen LogP contribution in [0.5, 0.6) is 0 Å². The molecule has 0 fully saturated rings. The first-order valence-electron chi connectivity index (χ1n) is 6.97. The number of amides is 1. The number of carboxylic acids is 1. The third kappa shape index (κ3) is 3.42. The van der Waals surface area contributed by atoms with Gasteiger partial charge in [0.1, 0.15) is 0 Å². The number of aliphatic carboxylic acids is 1. The fourth-order valence-corrected chi connectivity index (χ4v) is 2.56. The zero-order valence-corrected chi connectivity index (χ0v) is 12.6. The summed E-state index contributed by atoms with van der Waals surface area (Å²) in [4.78, 5) is 25.5. The van der Waals surface area contributed by atoms with Crippen LogP contribution in [0.3, 0.4) is 0 Å². The highest BCUT2D eigenvalue weighted by molar-refractivity contribution is 5.82. The maximum Gasteiger partial charge on any atom is 0.312 e. The van der Waals surface area contributed by atoms with Gasteiger partial charge in [-0.1, -0.05) is 24.3 Å². The molecule has 1 N–H and O–H groups in total. The van der Waals surface area contributed by atoms with E-state index in [1.807, 2.05) is 38.1 Å². The van der Waals surface area contributed by atoms with Crippen LogP contribution in [0, 0.1) is 0 Å². The van der Waals surface area contributed by atoms with Gasteiger partial charge in [0.15, 0.2) is 0 Å². The molecule has 0 aliphatic carbocycles. The minimum atomic E-state index is -0.897. The summed E-state index contributed by atoms with van der Waals surface area (Å²) < 4.78 is 5.28. The van der Waals surface area contributed by atoms with Gasteiger partial charge in [-0.15, -0.1) is 0 Å². The monoisotopic (exact) mass is 291 g/mol. The number of rotatable bonds is 4. The molecule has 1 amide bonds. The molecule has 5 nitrogen and oxygen atoms in total. The second-order valence-electron chi connectivity index (χ2n) is 6.00. The second kappa shape index (κ2) is 5.85. The van der Waals surface area contributed by atoms with E-state index >= 15 is 0 Å². The predicted octanol–water partition coefficient (Wildman–Crippen LogP) is 2.01. The van der Waals surface area contributed by atoms with E-state index in [9.17, 15) is 14.7 Å². The van der Waals surface area contributed by atoms with E-state index in [1.165, 1.54) is 0 Å². The first-order valence-corrected chi connectivity index (χ1v) is 6.97. The summed E-state index contributed by atoms with van der Waals surface area (Å²) in [6, 6.07) is 7.41. The molecule has 0 saturated carbocycles. The summed E-state index contributed by atoms with van der Waals surface area (Å²) in [5.74, 6) is -1.64. The zero-order valence-electron chi connectivity index (χ0n) is 12.6. The van der Waals surface area contributed by atoms with Gasteiger partial charge >= 0.3 is 5.97 Å². The van der Waals surface area contributed by atoms with Crippen molar-refractivity contribution >= 4 is 11.9 Å². The van der Waals surface area contributed by atoms with E-state index in [2.05, 4.69) is 0 Å². The Morgan fingerprint density at radius 1 is 1.38 bits per heavy atom. The summed E-state index contributed by atoms with van der Waals surface area (Å²) >= 11 is 0. The van der Waals surface area contributed by atoms with Crippen LogP contribution in [-0.2, 0) is 20.9 Å². The molecule has 21 heavy (non-hydrogen) atoms. The Morgan fingerprint density at radius 2 is 2.05 bits per heavy atom. The summed E-state index contributed by atoms with van der Waals surface area (Å²) in [5.41, 5.74) is 1.16. The van der Waals surface area contributed by atoms with E-state index in [0.717, 1.165) is 11.1 Å². The molecule has 2 rings (SSSR count). The summed E-state index contributed by atoms with van der Waals surface area (Å²) in [5, 5.41) is 9.40. The fourth-order valence-electron chi connectivity index (χ4n) is 2.56.